The molecule has 1 aromatic rings. The molecule has 20 heavy (non-hydrogen) atoms. The smallest absolute Gasteiger partial charge is 0.336 e. The summed E-state index contributed by atoms with van der Waals surface area (Å²) in [6.07, 6.45) is 0.522. The van der Waals surface area contributed by atoms with Crippen LogP contribution >= 0.6 is 15.9 Å². The lowest BCUT2D eigenvalue weighted by atomic mass is 9.81. The van der Waals surface area contributed by atoms with E-state index in [1.165, 1.54) is 12.1 Å². The van der Waals surface area contributed by atoms with Gasteiger partial charge in [-0.1, -0.05) is 13.8 Å². The van der Waals surface area contributed by atoms with E-state index in [9.17, 15) is 14.4 Å². The monoisotopic (exact) mass is 339 g/mol. The molecule has 0 spiro atoms. The third-order valence-corrected chi connectivity index (χ3v) is 3.89. The van der Waals surface area contributed by atoms with Crippen molar-refractivity contribution < 1.29 is 19.5 Å². The molecule has 0 aliphatic carbocycles. The maximum Gasteiger partial charge on any atom is 0.336 e. The van der Waals surface area contributed by atoms with Crippen molar-refractivity contribution in [2.45, 2.75) is 26.7 Å². The molecule has 1 aliphatic heterocycles. The summed E-state index contributed by atoms with van der Waals surface area (Å²) in [4.78, 5) is 36.4. The number of carboxylic acids is 1. The quantitative estimate of drug-likeness (QED) is 0.840. The Morgan fingerprint density at radius 2 is 1.80 bits per heavy atom. The summed E-state index contributed by atoms with van der Waals surface area (Å²) < 4.78 is 0.408. The molecule has 106 valence electrons. The van der Waals surface area contributed by atoms with Crippen LogP contribution in [0.25, 0.3) is 0 Å². The summed E-state index contributed by atoms with van der Waals surface area (Å²) in [7, 11) is 0. The number of rotatable bonds is 2. The van der Waals surface area contributed by atoms with Crippen LogP contribution in [0, 0.1) is 5.41 Å². The Labute approximate surface area is 124 Å². The van der Waals surface area contributed by atoms with Gasteiger partial charge in [-0.3, -0.25) is 14.5 Å². The number of nitrogens with zero attached hydrogens (tertiary/aromatic N) is 1. The summed E-state index contributed by atoms with van der Waals surface area (Å²) in [5.41, 5.74) is -0.0284. The van der Waals surface area contributed by atoms with Crippen LogP contribution in [0.15, 0.2) is 22.7 Å². The number of anilines is 1. The van der Waals surface area contributed by atoms with E-state index in [4.69, 9.17) is 5.11 Å². The zero-order valence-electron chi connectivity index (χ0n) is 11.1. The lowest BCUT2D eigenvalue weighted by Gasteiger charge is -2.34. The second-order valence-electron chi connectivity index (χ2n) is 5.61. The molecule has 1 aromatic carbocycles. The van der Waals surface area contributed by atoms with Crippen molar-refractivity contribution in [2.75, 3.05) is 4.90 Å². The van der Waals surface area contributed by atoms with Crippen LogP contribution in [0.5, 0.6) is 0 Å². The van der Waals surface area contributed by atoms with Crippen LogP contribution in [0.3, 0.4) is 0 Å². The van der Waals surface area contributed by atoms with Crippen LogP contribution in [0.2, 0.25) is 0 Å². The summed E-state index contributed by atoms with van der Waals surface area (Å²) >= 11 is 3.13. The highest BCUT2D eigenvalue weighted by atomic mass is 79.9. The number of carbonyl (C=O) groups is 3. The van der Waals surface area contributed by atoms with Crippen molar-refractivity contribution in [3.05, 3.63) is 28.2 Å². The zero-order chi connectivity index (χ0) is 15.1. The number of halogens is 1. The highest BCUT2D eigenvalue weighted by molar-refractivity contribution is 9.10. The van der Waals surface area contributed by atoms with E-state index in [-0.39, 0.29) is 35.6 Å². The van der Waals surface area contributed by atoms with Gasteiger partial charge in [0.15, 0.2) is 0 Å². The first-order chi connectivity index (χ1) is 9.21. The highest BCUT2D eigenvalue weighted by Crippen LogP contribution is 2.35. The Morgan fingerprint density at radius 3 is 2.30 bits per heavy atom. The molecule has 1 saturated heterocycles. The van der Waals surface area contributed by atoms with Crippen LogP contribution in [-0.2, 0) is 9.59 Å². The van der Waals surface area contributed by atoms with Gasteiger partial charge in [-0.25, -0.2) is 4.79 Å². The number of piperidine rings is 1. The van der Waals surface area contributed by atoms with Gasteiger partial charge in [0.05, 0.1) is 11.3 Å². The number of carboxylic acid groups (broad SMARTS) is 1. The summed E-state index contributed by atoms with van der Waals surface area (Å²) in [5, 5.41) is 9.08. The molecule has 2 rings (SSSR count). The zero-order valence-corrected chi connectivity index (χ0v) is 12.7. The van der Waals surface area contributed by atoms with Crippen molar-refractivity contribution in [3.63, 3.8) is 0 Å². The van der Waals surface area contributed by atoms with Gasteiger partial charge in [-0.2, -0.15) is 0 Å². The van der Waals surface area contributed by atoms with Crippen molar-refractivity contribution in [1.29, 1.82) is 0 Å². The van der Waals surface area contributed by atoms with E-state index in [0.717, 1.165) is 4.90 Å². The van der Waals surface area contributed by atoms with Crippen molar-refractivity contribution in [2.24, 2.45) is 5.41 Å². The fraction of sp³-hybridized carbons (Fsp3) is 0.357. The third kappa shape index (κ3) is 2.75. The third-order valence-electron chi connectivity index (χ3n) is 3.20. The van der Waals surface area contributed by atoms with Crippen molar-refractivity contribution in [3.8, 4) is 0 Å². The normalized spacial score (nSPS) is 18.2. The summed E-state index contributed by atoms with van der Waals surface area (Å²) in [6.45, 7) is 3.73. The van der Waals surface area contributed by atoms with Gasteiger partial charge < -0.3 is 5.11 Å². The minimum absolute atomic E-state index is 0.0212. The van der Waals surface area contributed by atoms with Crippen LogP contribution in [-0.4, -0.2) is 22.9 Å². The largest absolute Gasteiger partial charge is 0.478 e. The standard InChI is InChI=1S/C14H14BrNO4/c1-14(2)6-11(17)16(12(18)7-14)8-3-4-10(15)9(5-8)13(19)20/h3-5H,6-7H2,1-2H3,(H,19,20). The van der Waals surface area contributed by atoms with E-state index in [0.29, 0.717) is 10.2 Å². The molecule has 0 saturated carbocycles. The van der Waals surface area contributed by atoms with Gasteiger partial charge in [-0.15, -0.1) is 0 Å². The molecule has 5 nitrogen and oxygen atoms in total. The molecular weight excluding hydrogens is 326 g/mol. The van der Waals surface area contributed by atoms with Gasteiger partial charge in [0.2, 0.25) is 11.8 Å². The van der Waals surface area contributed by atoms with Crippen molar-refractivity contribution >= 4 is 39.4 Å². The van der Waals surface area contributed by atoms with E-state index >= 15 is 0 Å². The predicted octanol–water partition coefficient (Wildman–Crippen LogP) is 2.83. The fourth-order valence-electron chi connectivity index (χ4n) is 2.28. The van der Waals surface area contributed by atoms with E-state index in [1.54, 1.807) is 6.07 Å². The minimum Gasteiger partial charge on any atom is -0.478 e. The minimum atomic E-state index is -1.11. The molecule has 1 aliphatic rings. The molecular formula is C14H14BrNO4. The van der Waals surface area contributed by atoms with Gasteiger partial charge in [0.25, 0.3) is 0 Å². The molecule has 0 bridgehead atoms. The molecule has 0 unspecified atom stereocenters. The lowest BCUT2D eigenvalue weighted by Crippen LogP contribution is -2.46. The number of benzene rings is 1. The highest BCUT2D eigenvalue weighted by Gasteiger charge is 2.38. The van der Waals surface area contributed by atoms with Gasteiger partial charge in [0.1, 0.15) is 0 Å². The van der Waals surface area contributed by atoms with Gasteiger partial charge in [0, 0.05) is 17.3 Å². The Morgan fingerprint density at radius 1 is 1.25 bits per heavy atom. The Hall–Kier alpha value is -1.69. The maximum absolute atomic E-state index is 12.1. The second-order valence-corrected chi connectivity index (χ2v) is 6.46. The number of carbonyl (C=O) groups excluding carboxylic acids is 2. The van der Waals surface area contributed by atoms with E-state index < -0.39 is 5.97 Å². The Bertz CT molecular complexity index is 589. The molecule has 0 aromatic heterocycles. The molecule has 2 amide bonds. The topological polar surface area (TPSA) is 74.7 Å². The van der Waals surface area contributed by atoms with Crippen LogP contribution in [0.1, 0.15) is 37.0 Å². The summed E-state index contributed by atoms with van der Waals surface area (Å²) in [5.74, 6) is -1.72. The second kappa shape index (κ2) is 5.01. The average Bonchev–Trinajstić information content (AvgIpc) is 2.28. The molecule has 1 heterocycles. The average molecular weight is 340 g/mol. The van der Waals surface area contributed by atoms with Crippen molar-refractivity contribution in [1.82, 2.24) is 0 Å². The predicted molar refractivity (Wildman–Crippen MR) is 76.6 cm³/mol. The number of amides is 2. The maximum atomic E-state index is 12.1. The lowest BCUT2D eigenvalue weighted by molar-refractivity contribution is -0.132. The molecule has 1 fully saturated rings. The van der Waals surface area contributed by atoms with Crippen LogP contribution in [0.4, 0.5) is 5.69 Å². The first-order valence-electron chi connectivity index (χ1n) is 6.10. The first kappa shape index (κ1) is 14.7. The van der Waals surface area contributed by atoms with E-state index in [1.807, 2.05) is 13.8 Å². The Kier molecular flexibility index (Phi) is 3.69. The molecule has 0 atom stereocenters. The number of hydrogen-bond acceptors (Lipinski definition) is 3. The number of hydrogen-bond donors (Lipinski definition) is 1. The molecule has 6 heteroatoms. The first-order valence-corrected chi connectivity index (χ1v) is 6.89. The fourth-order valence-corrected chi connectivity index (χ4v) is 2.70. The van der Waals surface area contributed by atoms with Crippen LogP contribution < -0.4 is 4.90 Å². The van der Waals surface area contributed by atoms with E-state index in [2.05, 4.69) is 15.9 Å². The SMILES string of the molecule is CC1(C)CC(=O)N(c2ccc(Br)c(C(=O)O)c2)C(=O)C1. The number of imide groups is 1. The van der Waals surface area contributed by atoms with Gasteiger partial charge in [-0.05, 0) is 39.5 Å². The molecule has 1 N–H and O–H groups in total. The Balaban J connectivity index is 2.42. The van der Waals surface area contributed by atoms with Gasteiger partial charge >= 0.3 is 5.97 Å². The summed E-state index contributed by atoms with van der Waals surface area (Å²) in [6, 6.07) is 4.42. The molecule has 0 radical (unpaired) electrons. The number of aromatic carboxylic acids is 1.